The van der Waals surface area contributed by atoms with Crippen molar-refractivity contribution in [2.45, 2.75) is 6.61 Å². The van der Waals surface area contributed by atoms with E-state index in [2.05, 4.69) is 20.3 Å². The number of carbonyl (C=O) groups is 1. The molecule has 0 fully saturated rings. The van der Waals surface area contributed by atoms with E-state index in [0.29, 0.717) is 0 Å². The van der Waals surface area contributed by atoms with Crippen LogP contribution >= 0.6 is 11.6 Å². The number of hydrogen-bond acceptors (Lipinski definition) is 9. The first-order chi connectivity index (χ1) is 13.5. The highest BCUT2D eigenvalue weighted by molar-refractivity contribution is 6.33. The lowest BCUT2D eigenvalue weighted by Crippen LogP contribution is -2.12. The third-order valence-electron chi connectivity index (χ3n) is 3.60. The summed E-state index contributed by atoms with van der Waals surface area (Å²) in [6.45, 7) is -0.222. The maximum absolute atomic E-state index is 12.4. The summed E-state index contributed by atoms with van der Waals surface area (Å²) in [7, 11) is 1.41. The summed E-state index contributed by atoms with van der Waals surface area (Å²) in [5, 5.41) is 3.22. The third kappa shape index (κ3) is 4.57. The summed E-state index contributed by atoms with van der Waals surface area (Å²) < 4.78 is 10.4. The molecule has 1 heterocycles. The van der Waals surface area contributed by atoms with Crippen molar-refractivity contribution in [3.63, 3.8) is 0 Å². The summed E-state index contributed by atoms with van der Waals surface area (Å²) in [4.78, 5) is 24.6. The van der Waals surface area contributed by atoms with Gasteiger partial charge in [-0.3, -0.25) is 0 Å². The number of aromatic nitrogens is 3. The van der Waals surface area contributed by atoms with Crippen LogP contribution in [0, 0.1) is 0 Å². The average Bonchev–Trinajstić information content (AvgIpc) is 2.68. The SMILES string of the molecule is COc1cc(N)c(Cl)cc1C(=O)OCc1nc(N)nc(Nc2ccccc2)n1. The van der Waals surface area contributed by atoms with Crippen LogP contribution in [0.1, 0.15) is 16.2 Å². The molecule has 0 atom stereocenters. The number of rotatable bonds is 6. The van der Waals surface area contributed by atoms with Crippen molar-refractivity contribution in [3.05, 3.63) is 58.9 Å². The molecule has 0 unspecified atom stereocenters. The molecule has 1 aromatic heterocycles. The molecule has 3 aromatic rings. The second-order valence-corrected chi connectivity index (χ2v) is 5.98. The van der Waals surface area contributed by atoms with Gasteiger partial charge in [-0.1, -0.05) is 29.8 Å². The molecule has 2 aromatic carbocycles. The Kier molecular flexibility index (Phi) is 5.75. The summed E-state index contributed by atoms with van der Waals surface area (Å²) in [6.07, 6.45) is 0. The topological polar surface area (TPSA) is 138 Å². The minimum absolute atomic E-state index is 0.00686. The van der Waals surface area contributed by atoms with Crippen LogP contribution < -0.4 is 21.5 Å². The molecule has 0 bridgehead atoms. The van der Waals surface area contributed by atoms with Gasteiger partial charge in [0.1, 0.15) is 11.3 Å². The Labute approximate surface area is 165 Å². The molecule has 0 aliphatic rings. The molecule has 28 heavy (non-hydrogen) atoms. The Morgan fingerprint density at radius 3 is 2.61 bits per heavy atom. The van der Waals surface area contributed by atoms with Crippen molar-refractivity contribution in [2.24, 2.45) is 0 Å². The molecule has 0 spiro atoms. The van der Waals surface area contributed by atoms with E-state index in [1.54, 1.807) is 0 Å². The van der Waals surface area contributed by atoms with Crippen LogP contribution in [0.2, 0.25) is 5.02 Å². The van der Waals surface area contributed by atoms with Gasteiger partial charge in [-0.05, 0) is 18.2 Å². The van der Waals surface area contributed by atoms with E-state index in [4.69, 9.17) is 32.5 Å². The standard InChI is InChI=1S/C18H17ClN6O3/c1-27-14-8-13(20)12(19)7-11(14)16(26)28-9-15-23-17(21)25-18(24-15)22-10-5-3-2-4-6-10/h2-8H,9,20H2,1H3,(H3,21,22,23,24,25). The second kappa shape index (κ2) is 8.40. The molecule has 10 heteroatoms. The number of hydrogen-bond donors (Lipinski definition) is 3. The number of para-hydroxylation sites is 1. The number of nitrogens with zero attached hydrogens (tertiary/aromatic N) is 3. The molecule has 0 aliphatic heterocycles. The minimum Gasteiger partial charge on any atom is -0.496 e. The Morgan fingerprint density at radius 1 is 1.14 bits per heavy atom. The molecular formula is C18H17ClN6O3. The van der Waals surface area contributed by atoms with Gasteiger partial charge in [0.2, 0.25) is 11.9 Å². The largest absolute Gasteiger partial charge is 0.496 e. The Balaban J connectivity index is 1.74. The molecule has 0 radical (unpaired) electrons. The van der Waals surface area contributed by atoms with Crippen LogP contribution in [0.25, 0.3) is 0 Å². The molecular weight excluding hydrogens is 384 g/mol. The fourth-order valence-electron chi connectivity index (χ4n) is 2.31. The maximum atomic E-state index is 12.4. The number of nitrogens with one attached hydrogen (secondary N) is 1. The van der Waals surface area contributed by atoms with E-state index in [-0.39, 0.29) is 46.4 Å². The number of halogens is 1. The summed E-state index contributed by atoms with van der Waals surface area (Å²) >= 11 is 5.98. The Hall–Kier alpha value is -3.59. The van der Waals surface area contributed by atoms with E-state index in [1.165, 1.54) is 19.2 Å². The average molecular weight is 401 g/mol. The summed E-state index contributed by atoms with van der Waals surface area (Å²) in [6, 6.07) is 12.1. The zero-order chi connectivity index (χ0) is 20.1. The summed E-state index contributed by atoms with van der Waals surface area (Å²) in [5.41, 5.74) is 12.6. The van der Waals surface area contributed by atoms with Gasteiger partial charge < -0.3 is 26.3 Å². The van der Waals surface area contributed by atoms with Crippen LogP contribution in [-0.4, -0.2) is 28.0 Å². The van der Waals surface area contributed by atoms with Crippen LogP contribution in [0.5, 0.6) is 5.75 Å². The van der Waals surface area contributed by atoms with Crippen LogP contribution in [0.3, 0.4) is 0 Å². The maximum Gasteiger partial charge on any atom is 0.342 e. The van der Waals surface area contributed by atoms with Gasteiger partial charge in [0.15, 0.2) is 12.4 Å². The quantitative estimate of drug-likeness (QED) is 0.421. The van der Waals surface area contributed by atoms with E-state index in [0.717, 1.165) is 5.69 Å². The van der Waals surface area contributed by atoms with Gasteiger partial charge in [0.05, 0.1) is 17.8 Å². The fourth-order valence-corrected chi connectivity index (χ4v) is 2.48. The highest BCUT2D eigenvalue weighted by atomic mass is 35.5. The van der Waals surface area contributed by atoms with E-state index in [1.807, 2.05) is 30.3 Å². The van der Waals surface area contributed by atoms with Crippen molar-refractivity contribution >= 4 is 40.8 Å². The zero-order valence-electron chi connectivity index (χ0n) is 14.8. The van der Waals surface area contributed by atoms with Gasteiger partial charge >= 0.3 is 5.97 Å². The van der Waals surface area contributed by atoms with E-state index < -0.39 is 5.97 Å². The van der Waals surface area contributed by atoms with E-state index >= 15 is 0 Å². The predicted octanol–water partition coefficient (Wildman–Crippen LogP) is 2.80. The van der Waals surface area contributed by atoms with E-state index in [9.17, 15) is 4.79 Å². The lowest BCUT2D eigenvalue weighted by Gasteiger charge is -2.11. The van der Waals surface area contributed by atoms with Crippen molar-refractivity contribution in [1.29, 1.82) is 0 Å². The monoisotopic (exact) mass is 400 g/mol. The number of anilines is 4. The van der Waals surface area contributed by atoms with Crippen molar-refractivity contribution < 1.29 is 14.3 Å². The van der Waals surface area contributed by atoms with Gasteiger partial charge in [-0.2, -0.15) is 15.0 Å². The normalized spacial score (nSPS) is 10.4. The van der Waals surface area contributed by atoms with Gasteiger partial charge in [-0.15, -0.1) is 0 Å². The smallest absolute Gasteiger partial charge is 0.342 e. The van der Waals surface area contributed by atoms with Crippen LogP contribution in [0.4, 0.5) is 23.3 Å². The molecule has 0 saturated carbocycles. The minimum atomic E-state index is -0.671. The lowest BCUT2D eigenvalue weighted by molar-refractivity contribution is 0.0458. The van der Waals surface area contributed by atoms with Crippen molar-refractivity contribution in [1.82, 2.24) is 15.0 Å². The number of nitrogens with two attached hydrogens (primary N) is 2. The van der Waals surface area contributed by atoms with Crippen molar-refractivity contribution in [2.75, 3.05) is 23.9 Å². The van der Waals surface area contributed by atoms with Crippen molar-refractivity contribution in [3.8, 4) is 5.75 Å². The molecule has 3 rings (SSSR count). The fraction of sp³-hybridized carbons (Fsp3) is 0.111. The number of carbonyl (C=O) groups excluding carboxylic acids is 1. The highest BCUT2D eigenvalue weighted by Crippen LogP contribution is 2.29. The Morgan fingerprint density at radius 2 is 1.89 bits per heavy atom. The number of esters is 1. The molecule has 0 saturated heterocycles. The first-order valence-corrected chi connectivity index (χ1v) is 8.46. The second-order valence-electron chi connectivity index (χ2n) is 5.57. The first-order valence-electron chi connectivity index (χ1n) is 8.09. The van der Waals surface area contributed by atoms with Gasteiger partial charge in [-0.25, -0.2) is 4.79 Å². The van der Waals surface area contributed by atoms with Gasteiger partial charge in [0, 0.05) is 11.8 Å². The summed E-state index contributed by atoms with van der Waals surface area (Å²) in [5.74, 6) is -0.0194. The zero-order valence-corrected chi connectivity index (χ0v) is 15.6. The molecule has 0 amide bonds. The molecule has 9 nitrogen and oxygen atoms in total. The first kappa shape index (κ1) is 19.2. The number of methoxy groups -OCH3 is 1. The predicted molar refractivity (Wildman–Crippen MR) is 105 cm³/mol. The number of ether oxygens (including phenoxy) is 2. The van der Waals surface area contributed by atoms with Gasteiger partial charge in [0.25, 0.3) is 0 Å². The third-order valence-corrected chi connectivity index (χ3v) is 3.93. The van der Waals surface area contributed by atoms with Crippen LogP contribution in [0.15, 0.2) is 42.5 Å². The highest BCUT2D eigenvalue weighted by Gasteiger charge is 2.17. The van der Waals surface area contributed by atoms with Crippen LogP contribution in [-0.2, 0) is 11.3 Å². The lowest BCUT2D eigenvalue weighted by atomic mass is 10.2. The number of benzene rings is 2. The molecule has 144 valence electrons. The number of nitrogen functional groups attached to an aromatic ring is 2. The molecule has 5 N–H and O–H groups in total. The molecule has 0 aliphatic carbocycles. The Bertz CT molecular complexity index is 1000.